The average Bonchev–Trinajstić information content (AvgIpc) is 2.33. The Morgan fingerprint density at radius 3 is 2.69 bits per heavy atom. The van der Waals surface area contributed by atoms with Crippen molar-refractivity contribution in [1.82, 2.24) is 19.9 Å². The molecule has 0 fully saturated rings. The number of nitrogens with zero attached hydrogens (tertiary/aromatic N) is 4. The molecule has 0 amide bonds. The van der Waals surface area contributed by atoms with Crippen molar-refractivity contribution in [1.29, 1.82) is 0 Å². The van der Waals surface area contributed by atoms with Gasteiger partial charge in [-0.2, -0.15) is 4.98 Å². The molecule has 0 radical (unpaired) electrons. The molecule has 0 aliphatic heterocycles. The number of aromatic nitrogens is 4. The molecule has 7 heteroatoms. The molecule has 0 unspecified atom stereocenters. The summed E-state index contributed by atoms with van der Waals surface area (Å²) in [5, 5.41) is 2.96. The Labute approximate surface area is 100 Å². The van der Waals surface area contributed by atoms with Crippen molar-refractivity contribution in [2.75, 3.05) is 12.4 Å². The molecule has 0 atom stereocenters. The average molecular weight is 282 g/mol. The smallest absolute Gasteiger partial charge is 0.232 e. The Kier molecular flexibility index (Phi) is 3.25. The van der Waals surface area contributed by atoms with Gasteiger partial charge in [-0.15, -0.1) is 0 Å². The normalized spacial score (nSPS) is 9.88. The van der Waals surface area contributed by atoms with Crippen molar-refractivity contribution in [2.45, 2.75) is 0 Å². The maximum atomic E-state index is 5.05. The number of rotatable bonds is 3. The molecule has 2 aromatic heterocycles. The van der Waals surface area contributed by atoms with Crippen LogP contribution in [0.3, 0.4) is 0 Å². The van der Waals surface area contributed by atoms with Crippen LogP contribution in [0.15, 0.2) is 29.4 Å². The van der Waals surface area contributed by atoms with Gasteiger partial charge in [0.2, 0.25) is 11.8 Å². The molecule has 0 saturated heterocycles. The fraction of sp³-hybridized carbons (Fsp3) is 0.111. The monoisotopic (exact) mass is 281 g/mol. The molecule has 2 rings (SSSR count). The molecule has 0 aromatic carbocycles. The van der Waals surface area contributed by atoms with Crippen LogP contribution in [0.1, 0.15) is 0 Å². The molecule has 82 valence electrons. The number of nitrogens with one attached hydrogen (secondary N) is 1. The number of hydrogen-bond acceptors (Lipinski definition) is 6. The first-order valence-electron chi connectivity index (χ1n) is 4.38. The first-order valence-corrected chi connectivity index (χ1v) is 5.17. The summed E-state index contributed by atoms with van der Waals surface area (Å²) in [6.45, 7) is 0. The van der Waals surface area contributed by atoms with Gasteiger partial charge in [0, 0.05) is 0 Å². The van der Waals surface area contributed by atoms with Crippen LogP contribution in [0.2, 0.25) is 0 Å². The highest BCUT2D eigenvalue weighted by atomic mass is 79.9. The van der Waals surface area contributed by atoms with Crippen LogP contribution in [0, 0.1) is 0 Å². The lowest BCUT2D eigenvalue weighted by Gasteiger charge is -2.06. The van der Waals surface area contributed by atoms with E-state index in [1.165, 1.54) is 6.33 Å². The predicted molar refractivity (Wildman–Crippen MR) is 61.6 cm³/mol. The topological polar surface area (TPSA) is 72.8 Å². The molecule has 2 aromatic rings. The van der Waals surface area contributed by atoms with Crippen molar-refractivity contribution in [3.8, 4) is 5.88 Å². The molecular formula is C9H8BrN5O. The quantitative estimate of drug-likeness (QED) is 0.925. The van der Waals surface area contributed by atoms with Crippen LogP contribution < -0.4 is 10.1 Å². The maximum absolute atomic E-state index is 5.05. The third-order valence-corrected chi connectivity index (χ3v) is 2.27. The minimum absolute atomic E-state index is 0.426. The molecule has 16 heavy (non-hydrogen) atoms. The van der Waals surface area contributed by atoms with Gasteiger partial charge in [-0.25, -0.2) is 15.0 Å². The van der Waals surface area contributed by atoms with E-state index < -0.39 is 0 Å². The lowest BCUT2D eigenvalue weighted by atomic mass is 10.5. The van der Waals surface area contributed by atoms with E-state index in [1.54, 1.807) is 25.7 Å². The maximum Gasteiger partial charge on any atom is 0.232 e. The Morgan fingerprint density at radius 2 is 2.00 bits per heavy atom. The molecule has 0 bridgehead atoms. The number of ether oxygens (including phenoxy) is 1. The number of methoxy groups -OCH3 is 1. The fourth-order valence-electron chi connectivity index (χ4n) is 1.05. The van der Waals surface area contributed by atoms with Gasteiger partial charge in [0.25, 0.3) is 0 Å². The van der Waals surface area contributed by atoms with Crippen molar-refractivity contribution in [3.05, 3.63) is 29.4 Å². The fourth-order valence-corrected chi connectivity index (χ4v) is 1.40. The summed E-state index contributed by atoms with van der Waals surface area (Å²) in [6.07, 6.45) is 6.32. The van der Waals surface area contributed by atoms with E-state index in [2.05, 4.69) is 41.2 Å². The van der Waals surface area contributed by atoms with E-state index in [-0.39, 0.29) is 0 Å². The highest BCUT2D eigenvalue weighted by Crippen LogP contribution is 2.22. The van der Waals surface area contributed by atoms with E-state index in [9.17, 15) is 0 Å². The second-order valence-electron chi connectivity index (χ2n) is 2.80. The zero-order valence-electron chi connectivity index (χ0n) is 8.38. The van der Waals surface area contributed by atoms with Gasteiger partial charge in [0.05, 0.1) is 35.9 Å². The predicted octanol–water partition coefficient (Wildman–Crippen LogP) is 1.78. The summed E-state index contributed by atoms with van der Waals surface area (Å²) >= 11 is 3.27. The van der Waals surface area contributed by atoms with Crippen LogP contribution in [0.5, 0.6) is 5.88 Å². The summed E-state index contributed by atoms with van der Waals surface area (Å²) in [5.41, 5.74) is 0.715. The first-order chi connectivity index (χ1) is 7.79. The Morgan fingerprint density at radius 1 is 1.25 bits per heavy atom. The second kappa shape index (κ2) is 4.84. The van der Waals surface area contributed by atoms with Crippen LogP contribution in [-0.2, 0) is 0 Å². The van der Waals surface area contributed by atoms with E-state index in [0.29, 0.717) is 22.0 Å². The van der Waals surface area contributed by atoms with E-state index in [4.69, 9.17) is 4.74 Å². The first kappa shape index (κ1) is 10.7. The molecule has 0 aliphatic rings. The van der Waals surface area contributed by atoms with Crippen molar-refractivity contribution in [3.63, 3.8) is 0 Å². The zero-order valence-corrected chi connectivity index (χ0v) is 9.97. The van der Waals surface area contributed by atoms with Crippen molar-refractivity contribution >= 4 is 27.6 Å². The van der Waals surface area contributed by atoms with Crippen LogP contribution in [0.4, 0.5) is 11.6 Å². The van der Waals surface area contributed by atoms with Gasteiger partial charge in [0.15, 0.2) is 0 Å². The Balaban J connectivity index is 2.22. The van der Waals surface area contributed by atoms with Crippen LogP contribution in [0.25, 0.3) is 0 Å². The summed E-state index contributed by atoms with van der Waals surface area (Å²) in [4.78, 5) is 16.0. The molecule has 0 spiro atoms. The van der Waals surface area contributed by atoms with Crippen LogP contribution >= 0.6 is 15.9 Å². The van der Waals surface area contributed by atoms with Crippen molar-refractivity contribution < 1.29 is 4.74 Å². The Hall–Kier alpha value is -1.76. The molecular weight excluding hydrogens is 274 g/mol. The summed E-state index contributed by atoms with van der Waals surface area (Å²) in [7, 11) is 1.54. The minimum Gasteiger partial charge on any atom is -0.480 e. The third kappa shape index (κ3) is 2.43. The van der Waals surface area contributed by atoms with Gasteiger partial charge in [-0.3, -0.25) is 0 Å². The highest BCUT2D eigenvalue weighted by Gasteiger charge is 2.05. The van der Waals surface area contributed by atoms with E-state index in [0.717, 1.165) is 0 Å². The highest BCUT2D eigenvalue weighted by molar-refractivity contribution is 9.10. The van der Waals surface area contributed by atoms with Crippen LogP contribution in [-0.4, -0.2) is 27.0 Å². The Bertz CT molecular complexity index is 479. The van der Waals surface area contributed by atoms with Gasteiger partial charge in [-0.1, -0.05) is 0 Å². The molecule has 2 heterocycles. The van der Waals surface area contributed by atoms with E-state index >= 15 is 0 Å². The number of halogens is 1. The van der Waals surface area contributed by atoms with Gasteiger partial charge in [0.1, 0.15) is 6.33 Å². The molecule has 0 aliphatic carbocycles. The van der Waals surface area contributed by atoms with Gasteiger partial charge in [-0.05, 0) is 15.9 Å². The largest absolute Gasteiger partial charge is 0.480 e. The summed E-state index contributed by atoms with van der Waals surface area (Å²) < 4.78 is 5.75. The third-order valence-electron chi connectivity index (χ3n) is 1.72. The minimum atomic E-state index is 0.426. The summed E-state index contributed by atoms with van der Waals surface area (Å²) in [5.74, 6) is 0.893. The van der Waals surface area contributed by atoms with E-state index in [1.807, 2.05) is 0 Å². The second-order valence-corrected chi connectivity index (χ2v) is 3.66. The molecule has 1 N–H and O–H groups in total. The number of anilines is 2. The lowest BCUT2D eigenvalue weighted by Crippen LogP contribution is -1.99. The summed E-state index contributed by atoms with van der Waals surface area (Å²) in [6, 6.07) is 0. The molecule has 0 saturated carbocycles. The van der Waals surface area contributed by atoms with Gasteiger partial charge < -0.3 is 10.1 Å². The molecule has 6 nitrogen and oxygen atoms in total. The standard InChI is InChI=1S/C9H8BrN5O/c1-16-8-7(10)4-13-9(15-8)14-6-2-11-5-12-3-6/h2-5H,1H3,(H,13,14,15). The van der Waals surface area contributed by atoms with Gasteiger partial charge >= 0.3 is 0 Å². The van der Waals surface area contributed by atoms with Crippen molar-refractivity contribution in [2.24, 2.45) is 0 Å². The lowest BCUT2D eigenvalue weighted by molar-refractivity contribution is 0.394. The zero-order chi connectivity index (χ0) is 11.4. The SMILES string of the molecule is COc1nc(Nc2cncnc2)ncc1Br. The number of hydrogen-bond donors (Lipinski definition) is 1.